The topological polar surface area (TPSA) is 59.7 Å². The molecule has 0 spiro atoms. The van der Waals surface area contributed by atoms with Gasteiger partial charge < -0.3 is 15.2 Å². The third kappa shape index (κ3) is 3.71. The maximum absolute atomic E-state index is 14.0. The summed E-state index contributed by atoms with van der Waals surface area (Å²) in [6.45, 7) is 3.96. The molecule has 2 N–H and O–H groups in total. The fourth-order valence-electron chi connectivity index (χ4n) is 3.18. The Morgan fingerprint density at radius 3 is 3.12 bits per heavy atom. The van der Waals surface area contributed by atoms with E-state index in [4.69, 9.17) is 0 Å². The van der Waals surface area contributed by atoms with Gasteiger partial charge in [-0.2, -0.15) is 5.10 Å². The van der Waals surface area contributed by atoms with E-state index in [2.05, 4.69) is 20.7 Å². The van der Waals surface area contributed by atoms with Gasteiger partial charge in [0.15, 0.2) is 0 Å². The standard InChI is InChI=1S/C18H21FN6/c19-17-2-1-14(7-16(17)12-24-6-5-20-13-24)8-21-9-15-10-22-18-3-4-23-25(18)11-15/h1-7,13,15,21-22H,8-12H2/t15-/m1/s1. The van der Waals surface area contributed by atoms with Crippen molar-refractivity contribution < 1.29 is 4.39 Å². The first-order valence-electron chi connectivity index (χ1n) is 8.47. The van der Waals surface area contributed by atoms with Crippen LogP contribution in [0.2, 0.25) is 0 Å². The van der Waals surface area contributed by atoms with E-state index >= 15 is 0 Å². The Balaban J connectivity index is 1.32. The number of aromatic nitrogens is 4. The largest absolute Gasteiger partial charge is 0.370 e. The van der Waals surface area contributed by atoms with Gasteiger partial charge in [0.2, 0.25) is 0 Å². The zero-order valence-corrected chi connectivity index (χ0v) is 13.9. The minimum absolute atomic E-state index is 0.180. The molecule has 130 valence electrons. The predicted octanol–water partition coefficient (Wildman–Crippen LogP) is 2.10. The maximum Gasteiger partial charge on any atom is 0.128 e. The van der Waals surface area contributed by atoms with E-state index in [0.29, 0.717) is 18.0 Å². The monoisotopic (exact) mass is 340 g/mol. The van der Waals surface area contributed by atoms with Gasteiger partial charge in [0.05, 0.1) is 19.1 Å². The molecule has 3 heterocycles. The molecule has 0 radical (unpaired) electrons. The highest BCUT2D eigenvalue weighted by atomic mass is 19.1. The molecule has 1 aliphatic rings. The van der Waals surface area contributed by atoms with Crippen LogP contribution in [0.1, 0.15) is 11.1 Å². The summed E-state index contributed by atoms with van der Waals surface area (Å²) in [6, 6.07) is 7.29. The maximum atomic E-state index is 14.0. The number of anilines is 1. The van der Waals surface area contributed by atoms with Crippen LogP contribution in [0.3, 0.4) is 0 Å². The summed E-state index contributed by atoms with van der Waals surface area (Å²) in [5.41, 5.74) is 1.76. The summed E-state index contributed by atoms with van der Waals surface area (Å²) in [5, 5.41) is 11.2. The zero-order chi connectivity index (χ0) is 17.1. The van der Waals surface area contributed by atoms with Gasteiger partial charge >= 0.3 is 0 Å². The van der Waals surface area contributed by atoms with Crippen LogP contribution in [-0.4, -0.2) is 32.4 Å². The van der Waals surface area contributed by atoms with Gasteiger partial charge in [-0.05, 0) is 17.7 Å². The molecule has 0 fully saturated rings. The van der Waals surface area contributed by atoms with Gasteiger partial charge in [0.1, 0.15) is 11.6 Å². The summed E-state index contributed by atoms with van der Waals surface area (Å²) in [4.78, 5) is 4.00. The number of nitrogens with zero attached hydrogens (tertiary/aromatic N) is 4. The molecule has 3 aromatic rings. The summed E-state index contributed by atoms with van der Waals surface area (Å²) in [7, 11) is 0. The second-order valence-corrected chi connectivity index (χ2v) is 6.44. The van der Waals surface area contributed by atoms with E-state index in [9.17, 15) is 4.39 Å². The number of nitrogens with one attached hydrogen (secondary N) is 2. The Morgan fingerprint density at radius 2 is 2.24 bits per heavy atom. The van der Waals surface area contributed by atoms with E-state index in [0.717, 1.165) is 37.6 Å². The number of halogens is 1. The average Bonchev–Trinajstić information content (AvgIpc) is 3.29. The van der Waals surface area contributed by atoms with E-state index in [1.165, 1.54) is 0 Å². The molecule has 1 aliphatic heterocycles. The molecular formula is C18H21FN6. The van der Waals surface area contributed by atoms with Crippen LogP contribution in [0.4, 0.5) is 10.2 Å². The van der Waals surface area contributed by atoms with E-state index in [-0.39, 0.29) is 5.82 Å². The van der Waals surface area contributed by atoms with Gasteiger partial charge in [0, 0.05) is 56.1 Å². The first-order valence-corrected chi connectivity index (χ1v) is 8.47. The van der Waals surface area contributed by atoms with Gasteiger partial charge in [-0.3, -0.25) is 0 Å². The summed E-state index contributed by atoms with van der Waals surface area (Å²) >= 11 is 0. The van der Waals surface area contributed by atoms with Crippen LogP contribution in [0.5, 0.6) is 0 Å². The number of hydrogen-bond donors (Lipinski definition) is 2. The lowest BCUT2D eigenvalue weighted by atomic mass is 10.1. The number of imidazole rings is 1. The molecule has 0 saturated heterocycles. The van der Waals surface area contributed by atoms with Crippen molar-refractivity contribution in [2.75, 3.05) is 18.4 Å². The molecule has 1 atom stereocenters. The smallest absolute Gasteiger partial charge is 0.128 e. The minimum atomic E-state index is -0.180. The summed E-state index contributed by atoms with van der Waals surface area (Å²) in [5.74, 6) is 1.39. The quantitative estimate of drug-likeness (QED) is 0.721. The van der Waals surface area contributed by atoms with Gasteiger partial charge in [-0.25, -0.2) is 14.1 Å². The predicted molar refractivity (Wildman–Crippen MR) is 93.6 cm³/mol. The SMILES string of the molecule is Fc1ccc(CNC[C@@H]2CNc3ccnn3C2)cc1Cn1ccnc1. The van der Waals surface area contributed by atoms with Crippen LogP contribution in [0.15, 0.2) is 49.2 Å². The van der Waals surface area contributed by atoms with Crippen LogP contribution in [0, 0.1) is 11.7 Å². The molecule has 0 bridgehead atoms. The summed E-state index contributed by atoms with van der Waals surface area (Å²) in [6.07, 6.45) is 7.05. The Bertz CT molecular complexity index is 826. The number of fused-ring (bicyclic) bond motifs is 1. The van der Waals surface area contributed by atoms with E-state index < -0.39 is 0 Å². The van der Waals surface area contributed by atoms with Crippen molar-refractivity contribution >= 4 is 5.82 Å². The van der Waals surface area contributed by atoms with Crippen LogP contribution in [0.25, 0.3) is 0 Å². The molecule has 1 aromatic carbocycles. The van der Waals surface area contributed by atoms with Crippen molar-refractivity contribution in [3.05, 3.63) is 66.1 Å². The molecule has 0 amide bonds. The Labute approximate surface area is 145 Å². The molecule has 25 heavy (non-hydrogen) atoms. The average molecular weight is 340 g/mol. The highest BCUT2D eigenvalue weighted by Gasteiger charge is 2.17. The summed E-state index contributed by atoms with van der Waals surface area (Å²) < 4.78 is 17.9. The molecule has 4 rings (SSSR count). The highest BCUT2D eigenvalue weighted by molar-refractivity contribution is 5.35. The van der Waals surface area contributed by atoms with Gasteiger partial charge in [0.25, 0.3) is 0 Å². The van der Waals surface area contributed by atoms with Gasteiger partial charge in [-0.15, -0.1) is 0 Å². The minimum Gasteiger partial charge on any atom is -0.370 e. The molecule has 0 aliphatic carbocycles. The molecule has 7 heteroatoms. The van der Waals surface area contributed by atoms with Crippen molar-refractivity contribution in [2.45, 2.75) is 19.6 Å². The Morgan fingerprint density at radius 1 is 1.28 bits per heavy atom. The molecular weight excluding hydrogens is 319 g/mol. The van der Waals surface area contributed by atoms with Crippen LogP contribution in [-0.2, 0) is 19.6 Å². The lowest BCUT2D eigenvalue weighted by Gasteiger charge is -2.25. The van der Waals surface area contributed by atoms with Crippen molar-refractivity contribution in [1.29, 1.82) is 0 Å². The van der Waals surface area contributed by atoms with E-state index in [1.54, 1.807) is 18.6 Å². The third-order valence-electron chi connectivity index (χ3n) is 4.50. The molecule has 0 unspecified atom stereocenters. The van der Waals surface area contributed by atoms with Crippen molar-refractivity contribution in [3.63, 3.8) is 0 Å². The Kier molecular flexibility index (Phi) is 4.47. The second kappa shape index (κ2) is 7.06. The van der Waals surface area contributed by atoms with E-state index in [1.807, 2.05) is 39.8 Å². The first-order chi connectivity index (χ1) is 12.3. The lowest BCUT2D eigenvalue weighted by molar-refractivity contribution is 0.391. The van der Waals surface area contributed by atoms with Crippen molar-refractivity contribution in [2.24, 2.45) is 5.92 Å². The lowest BCUT2D eigenvalue weighted by Crippen LogP contribution is -2.35. The third-order valence-corrected chi connectivity index (χ3v) is 4.50. The second-order valence-electron chi connectivity index (χ2n) is 6.44. The van der Waals surface area contributed by atoms with Crippen LogP contribution < -0.4 is 10.6 Å². The first kappa shape index (κ1) is 15.8. The number of hydrogen-bond acceptors (Lipinski definition) is 4. The van der Waals surface area contributed by atoms with Crippen molar-refractivity contribution in [1.82, 2.24) is 24.6 Å². The van der Waals surface area contributed by atoms with Crippen molar-refractivity contribution in [3.8, 4) is 0 Å². The number of benzene rings is 1. The molecule has 2 aromatic heterocycles. The Hall–Kier alpha value is -2.67. The zero-order valence-electron chi connectivity index (χ0n) is 13.9. The highest BCUT2D eigenvalue weighted by Crippen LogP contribution is 2.16. The number of rotatable bonds is 6. The van der Waals surface area contributed by atoms with Crippen LogP contribution >= 0.6 is 0 Å². The van der Waals surface area contributed by atoms with Gasteiger partial charge in [-0.1, -0.05) is 6.07 Å². The fraction of sp³-hybridized carbons (Fsp3) is 0.333. The molecule has 6 nitrogen and oxygen atoms in total. The fourth-order valence-corrected chi connectivity index (χ4v) is 3.18. The molecule has 0 saturated carbocycles. The normalized spacial score (nSPS) is 16.4.